The summed E-state index contributed by atoms with van der Waals surface area (Å²) in [5, 5.41) is 0. The highest BCUT2D eigenvalue weighted by Gasteiger charge is 2.26. The molecule has 160 valence electrons. The van der Waals surface area contributed by atoms with E-state index in [-0.39, 0.29) is 0 Å². The van der Waals surface area contributed by atoms with E-state index in [9.17, 15) is 0 Å². The monoisotopic (exact) mass is 382 g/mol. The predicted octanol–water partition coefficient (Wildman–Crippen LogP) is 6.25. The molecule has 3 heteroatoms. The second kappa shape index (κ2) is 14.0. The van der Waals surface area contributed by atoms with Crippen LogP contribution in [-0.4, -0.2) is 40.1 Å². The summed E-state index contributed by atoms with van der Waals surface area (Å²) in [6.07, 6.45) is 18.3. The second-order valence-electron chi connectivity index (χ2n) is 9.37. The van der Waals surface area contributed by atoms with Crippen LogP contribution < -0.4 is 0 Å². The highest BCUT2D eigenvalue weighted by Crippen LogP contribution is 2.34. The summed E-state index contributed by atoms with van der Waals surface area (Å²) < 4.78 is 17.1. The molecule has 0 aromatic carbocycles. The number of ether oxygens (including phenoxy) is 3. The van der Waals surface area contributed by atoms with Crippen LogP contribution in [0.15, 0.2) is 0 Å². The molecule has 2 fully saturated rings. The smallest absolute Gasteiger partial charge is 0.0575 e. The SMILES string of the molecule is CCCCCC1CCC(COC2CCC(CC(COC)COC)CC2)CC1. The van der Waals surface area contributed by atoms with Crippen LogP contribution in [0.1, 0.15) is 90.4 Å². The largest absolute Gasteiger partial charge is 0.384 e. The summed E-state index contributed by atoms with van der Waals surface area (Å²) in [4.78, 5) is 0. The average molecular weight is 383 g/mol. The summed E-state index contributed by atoms with van der Waals surface area (Å²) in [6.45, 7) is 4.98. The Bertz CT molecular complexity index is 338. The maximum atomic E-state index is 6.36. The van der Waals surface area contributed by atoms with Crippen LogP contribution in [0.4, 0.5) is 0 Å². The zero-order chi connectivity index (χ0) is 19.3. The molecule has 2 saturated carbocycles. The minimum Gasteiger partial charge on any atom is -0.384 e. The first-order valence-electron chi connectivity index (χ1n) is 11.8. The first-order valence-corrected chi connectivity index (χ1v) is 11.8. The fraction of sp³-hybridized carbons (Fsp3) is 1.00. The summed E-state index contributed by atoms with van der Waals surface area (Å²) in [6, 6.07) is 0. The van der Waals surface area contributed by atoms with Crippen molar-refractivity contribution in [1.29, 1.82) is 0 Å². The lowest BCUT2D eigenvalue weighted by Crippen LogP contribution is -2.27. The second-order valence-corrected chi connectivity index (χ2v) is 9.37. The van der Waals surface area contributed by atoms with E-state index >= 15 is 0 Å². The van der Waals surface area contributed by atoms with Crippen LogP contribution in [-0.2, 0) is 14.2 Å². The van der Waals surface area contributed by atoms with Crippen LogP contribution in [0.5, 0.6) is 0 Å². The molecular formula is C24H46O3. The lowest BCUT2D eigenvalue weighted by molar-refractivity contribution is -0.0143. The van der Waals surface area contributed by atoms with Crippen LogP contribution in [0, 0.1) is 23.7 Å². The van der Waals surface area contributed by atoms with Gasteiger partial charge in [-0.3, -0.25) is 0 Å². The molecular weight excluding hydrogens is 336 g/mol. The molecule has 0 atom stereocenters. The van der Waals surface area contributed by atoms with Crippen molar-refractivity contribution in [2.75, 3.05) is 34.0 Å². The van der Waals surface area contributed by atoms with Gasteiger partial charge in [-0.15, -0.1) is 0 Å². The molecule has 0 aromatic rings. The molecule has 0 radical (unpaired) electrons. The van der Waals surface area contributed by atoms with E-state index in [1.807, 2.05) is 0 Å². The van der Waals surface area contributed by atoms with Gasteiger partial charge in [0.25, 0.3) is 0 Å². The van der Waals surface area contributed by atoms with Crippen molar-refractivity contribution in [3.05, 3.63) is 0 Å². The summed E-state index contributed by atoms with van der Waals surface area (Å²) in [5.74, 6) is 3.22. The Morgan fingerprint density at radius 1 is 0.741 bits per heavy atom. The van der Waals surface area contributed by atoms with E-state index in [1.165, 1.54) is 83.5 Å². The molecule has 27 heavy (non-hydrogen) atoms. The van der Waals surface area contributed by atoms with E-state index in [1.54, 1.807) is 14.2 Å². The number of unbranched alkanes of at least 4 members (excludes halogenated alkanes) is 2. The van der Waals surface area contributed by atoms with Crippen molar-refractivity contribution >= 4 is 0 Å². The van der Waals surface area contributed by atoms with Gasteiger partial charge >= 0.3 is 0 Å². The maximum absolute atomic E-state index is 6.36. The third-order valence-electron chi connectivity index (χ3n) is 7.02. The van der Waals surface area contributed by atoms with E-state index in [2.05, 4.69) is 6.92 Å². The Labute approximate surface area is 168 Å². The number of methoxy groups -OCH3 is 2. The first kappa shape index (κ1) is 23.2. The van der Waals surface area contributed by atoms with E-state index in [0.29, 0.717) is 12.0 Å². The topological polar surface area (TPSA) is 27.7 Å². The highest BCUT2D eigenvalue weighted by atomic mass is 16.5. The van der Waals surface area contributed by atoms with Crippen molar-refractivity contribution in [1.82, 2.24) is 0 Å². The molecule has 0 aliphatic heterocycles. The molecule has 0 amide bonds. The fourth-order valence-electron chi connectivity index (χ4n) is 5.30. The highest BCUT2D eigenvalue weighted by molar-refractivity contribution is 4.77. The van der Waals surface area contributed by atoms with E-state index in [0.717, 1.165) is 37.6 Å². The average Bonchev–Trinajstić information content (AvgIpc) is 2.69. The molecule has 0 heterocycles. The molecule has 0 saturated heterocycles. The molecule has 0 bridgehead atoms. The lowest BCUT2D eigenvalue weighted by Gasteiger charge is -2.33. The zero-order valence-corrected chi connectivity index (χ0v) is 18.4. The summed E-state index contributed by atoms with van der Waals surface area (Å²) >= 11 is 0. The standard InChI is InChI=1S/C24H46O3/c1-4-5-6-7-20-8-10-22(11-9-20)19-27-24-14-12-21(13-15-24)16-23(17-25-2)18-26-3/h20-24H,4-19H2,1-3H3. The van der Waals surface area contributed by atoms with Gasteiger partial charge in [0, 0.05) is 26.7 Å². The van der Waals surface area contributed by atoms with Gasteiger partial charge in [0.1, 0.15) is 0 Å². The summed E-state index contributed by atoms with van der Waals surface area (Å²) in [7, 11) is 3.60. The number of hydrogen-bond donors (Lipinski definition) is 0. The van der Waals surface area contributed by atoms with Gasteiger partial charge in [-0.1, -0.05) is 45.4 Å². The lowest BCUT2D eigenvalue weighted by atomic mass is 9.80. The molecule has 0 aromatic heterocycles. The van der Waals surface area contributed by atoms with Crippen LogP contribution in [0.3, 0.4) is 0 Å². The van der Waals surface area contributed by atoms with Crippen LogP contribution in [0.2, 0.25) is 0 Å². The molecule has 0 spiro atoms. The Morgan fingerprint density at radius 2 is 1.33 bits per heavy atom. The summed E-state index contributed by atoms with van der Waals surface area (Å²) in [5.41, 5.74) is 0. The number of hydrogen-bond acceptors (Lipinski definition) is 3. The van der Waals surface area contributed by atoms with Gasteiger partial charge in [0.15, 0.2) is 0 Å². The molecule has 2 aliphatic carbocycles. The van der Waals surface area contributed by atoms with E-state index in [4.69, 9.17) is 14.2 Å². The van der Waals surface area contributed by atoms with Gasteiger partial charge in [0.05, 0.1) is 19.3 Å². The Kier molecular flexibility index (Phi) is 12.0. The zero-order valence-electron chi connectivity index (χ0n) is 18.4. The van der Waals surface area contributed by atoms with Crippen molar-refractivity contribution < 1.29 is 14.2 Å². The van der Waals surface area contributed by atoms with Crippen LogP contribution in [0.25, 0.3) is 0 Å². The van der Waals surface area contributed by atoms with Gasteiger partial charge in [0.2, 0.25) is 0 Å². The molecule has 2 rings (SSSR count). The Hall–Kier alpha value is -0.120. The minimum atomic E-state index is 0.520. The molecule has 0 unspecified atom stereocenters. The van der Waals surface area contributed by atoms with Gasteiger partial charge in [-0.25, -0.2) is 0 Å². The Morgan fingerprint density at radius 3 is 1.93 bits per heavy atom. The normalized spacial score (nSPS) is 29.3. The third kappa shape index (κ3) is 9.28. The molecule has 2 aliphatic rings. The van der Waals surface area contributed by atoms with Crippen molar-refractivity contribution in [2.45, 2.75) is 96.5 Å². The predicted molar refractivity (Wildman–Crippen MR) is 113 cm³/mol. The Balaban J connectivity index is 1.55. The van der Waals surface area contributed by atoms with E-state index < -0.39 is 0 Å². The van der Waals surface area contributed by atoms with Gasteiger partial charge in [-0.05, 0) is 62.7 Å². The quantitative estimate of drug-likeness (QED) is 0.352. The number of rotatable bonds is 13. The van der Waals surface area contributed by atoms with Crippen LogP contribution >= 0.6 is 0 Å². The minimum absolute atomic E-state index is 0.520. The first-order chi connectivity index (χ1) is 13.2. The molecule has 0 N–H and O–H groups in total. The van der Waals surface area contributed by atoms with Gasteiger partial charge < -0.3 is 14.2 Å². The van der Waals surface area contributed by atoms with Crippen molar-refractivity contribution in [2.24, 2.45) is 23.7 Å². The van der Waals surface area contributed by atoms with Crippen molar-refractivity contribution in [3.63, 3.8) is 0 Å². The third-order valence-corrected chi connectivity index (χ3v) is 7.02. The molecule has 3 nitrogen and oxygen atoms in total. The fourth-order valence-corrected chi connectivity index (χ4v) is 5.30. The van der Waals surface area contributed by atoms with Gasteiger partial charge in [-0.2, -0.15) is 0 Å². The van der Waals surface area contributed by atoms with Crippen molar-refractivity contribution in [3.8, 4) is 0 Å². The maximum Gasteiger partial charge on any atom is 0.0575 e.